The van der Waals surface area contributed by atoms with Crippen molar-refractivity contribution in [2.75, 3.05) is 0 Å². The molecule has 4 heteroatoms. The molecule has 1 aromatic carbocycles. The highest BCUT2D eigenvalue weighted by atomic mass is 35.5. The molecule has 110 valence electrons. The predicted octanol–water partition coefficient (Wildman–Crippen LogP) is 5.08. The molecule has 0 saturated heterocycles. The molecule has 1 saturated carbocycles. The van der Waals surface area contributed by atoms with E-state index in [1.165, 1.54) is 11.3 Å². The van der Waals surface area contributed by atoms with Crippen LogP contribution in [-0.2, 0) is 0 Å². The number of rotatable bonds is 4. The minimum atomic E-state index is 0.0729. The average molecular weight is 320 g/mol. The molecule has 1 aliphatic rings. The van der Waals surface area contributed by atoms with E-state index in [1.807, 2.05) is 47.5 Å². The van der Waals surface area contributed by atoms with Crippen LogP contribution in [-0.4, -0.2) is 16.8 Å². The smallest absolute Gasteiger partial charge is 0.264 e. The third kappa shape index (κ3) is 2.99. The Kier molecular flexibility index (Phi) is 4.05. The van der Waals surface area contributed by atoms with E-state index in [2.05, 4.69) is 6.92 Å². The molecule has 21 heavy (non-hydrogen) atoms. The van der Waals surface area contributed by atoms with E-state index in [0.29, 0.717) is 6.04 Å². The van der Waals surface area contributed by atoms with Gasteiger partial charge in [0.1, 0.15) is 0 Å². The SMILES string of the molecule is Cc1ccsc1C(=O)N(C1CC1)C(C)c1ccc(Cl)cc1. The van der Waals surface area contributed by atoms with E-state index in [0.717, 1.165) is 33.9 Å². The summed E-state index contributed by atoms with van der Waals surface area (Å²) in [6.07, 6.45) is 2.21. The summed E-state index contributed by atoms with van der Waals surface area (Å²) in [7, 11) is 0. The van der Waals surface area contributed by atoms with Gasteiger partial charge in [0.25, 0.3) is 5.91 Å². The molecule has 0 spiro atoms. The molecule has 1 atom stereocenters. The van der Waals surface area contributed by atoms with Gasteiger partial charge in [-0.05, 0) is 61.4 Å². The molecule has 3 rings (SSSR count). The number of halogens is 1. The normalized spacial score (nSPS) is 15.8. The fraction of sp³-hybridized carbons (Fsp3) is 0.353. The maximum atomic E-state index is 12.9. The van der Waals surface area contributed by atoms with Crippen molar-refractivity contribution in [1.29, 1.82) is 0 Å². The second-order valence-electron chi connectivity index (χ2n) is 5.60. The quantitative estimate of drug-likeness (QED) is 0.770. The van der Waals surface area contributed by atoms with Crippen LogP contribution in [0.25, 0.3) is 0 Å². The standard InChI is InChI=1S/C17H18ClNOS/c1-11-9-10-21-16(11)17(20)19(15-7-8-15)12(2)13-3-5-14(18)6-4-13/h3-6,9-10,12,15H,7-8H2,1-2H3. The molecule has 1 fully saturated rings. The van der Waals surface area contributed by atoms with E-state index in [1.54, 1.807) is 0 Å². The van der Waals surface area contributed by atoms with Crippen molar-refractivity contribution in [3.05, 3.63) is 56.7 Å². The molecule has 1 aromatic heterocycles. The second kappa shape index (κ2) is 5.82. The van der Waals surface area contributed by atoms with Gasteiger partial charge in [0.15, 0.2) is 0 Å². The van der Waals surface area contributed by atoms with Crippen LogP contribution < -0.4 is 0 Å². The summed E-state index contributed by atoms with van der Waals surface area (Å²) in [5.41, 5.74) is 2.20. The number of thiophene rings is 1. The van der Waals surface area contributed by atoms with Crippen molar-refractivity contribution in [1.82, 2.24) is 4.90 Å². The van der Waals surface area contributed by atoms with Gasteiger partial charge in [0.2, 0.25) is 0 Å². The predicted molar refractivity (Wildman–Crippen MR) is 88.1 cm³/mol. The van der Waals surface area contributed by atoms with E-state index in [4.69, 9.17) is 11.6 Å². The van der Waals surface area contributed by atoms with Gasteiger partial charge in [0.05, 0.1) is 10.9 Å². The van der Waals surface area contributed by atoms with Crippen LogP contribution in [0.4, 0.5) is 0 Å². The van der Waals surface area contributed by atoms with Crippen molar-refractivity contribution >= 4 is 28.8 Å². The Morgan fingerprint density at radius 2 is 1.95 bits per heavy atom. The molecule has 1 aliphatic carbocycles. The summed E-state index contributed by atoms with van der Waals surface area (Å²) in [4.78, 5) is 15.8. The number of hydrogen-bond donors (Lipinski definition) is 0. The Balaban J connectivity index is 1.89. The molecular weight excluding hydrogens is 302 g/mol. The third-order valence-electron chi connectivity index (χ3n) is 4.00. The Morgan fingerprint density at radius 1 is 1.29 bits per heavy atom. The lowest BCUT2D eigenvalue weighted by molar-refractivity contribution is 0.0678. The first kappa shape index (κ1) is 14.6. The summed E-state index contributed by atoms with van der Waals surface area (Å²) in [6, 6.07) is 10.3. The van der Waals surface area contributed by atoms with Gasteiger partial charge in [-0.3, -0.25) is 4.79 Å². The zero-order chi connectivity index (χ0) is 15.0. The van der Waals surface area contributed by atoms with Gasteiger partial charge in [-0.2, -0.15) is 0 Å². The summed E-state index contributed by atoms with van der Waals surface area (Å²) in [6.45, 7) is 4.10. The molecular formula is C17H18ClNOS. The van der Waals surface area contributed by atoms with Crippen LogP contribution in [0.1, 0.15) is 46.6 Å². The first-order chi connectivity index (χ1) is 10.1. The maximum absolute atomic E-state index is 12.9. The number of benzene rings is 1. The van der Waals surface area contributed by atoms with E-state index in [9.17, 15) is 4.79 Å². The zero-order valence-electron chi connectivity index (χ0n) is 12.2. The van der Waals surface area contributed by atoms with E-state index < -0.39 is 0 Å². The van der Waals surface area contributed by atoms with Crippen LogP contribution in [0, 0.1) is 6.92 Å². The Morgan fingerprint density at radius 3 is 2.48 bits per heavy atom. The van der Waals surface area contributed by atoms with E-state index in [-0.39, 0.29) is 11.9 Å². The highest BCUT2D eigenvalue weighted by Gasteiger charge is 2.37. The lowest BCUT2D eigenvalue weighted by Crippen LogP contribution is -2.35. The van der Waals surface area contributed by atoms with Gasteiger partial charge in [-0.1, -0.05) is 23.7 Å². The lowest BCUT2D eigenvalue weighted by Gasteiger charge is -2.29. The number of carbonyl (C=O) groups is 1. The van der Waals surface area contributed by atoms with Crippen molar-refractivity contribution in [2.24, 2.45) is 0 Å². The minimum Gasteiger partial charge on any atom is -0.328 e. The molecule has 2 aromatic rings. The fourth-order valence-electron chi connectivity index (χ4n) is 2.62. The second-order valence-corrected chi connectivity index (χ2v) is 6.96. The highest BCUT2D eigenvalue weighted by molar-refractivity contribution is 7.12. The van der Waals surface area contributed by atoms with Gasteiger partial charge < -0.3 is 4.90 Å². The lowest BCUT2D eigenvalue weighted by atomic mass is 10.1. The molecule has 0 aliphatic heterocycles. The summed E-state index contributed by atoms with van der Waals surface area (Å²) in [5.74, 6) is 0.160. The Hall–Kier alpha value is -1.32. The third-order valence-corrected chi connectivity index (χ3v) is 5.26. The summed E-state index contributed by atoms with van der Waals surface area (Å²) >= 11 is 7.49. The molecule has 1 heterocycles. The van der Waals surface area contributed by atoms with Crippen LogP contribution in [0.2, 0.25) is 5.02 Å². The summed E-state index contributed by atoms with van der Waals surface area (Å²) < 4.78 is 0. The van der Waals surface area contributed by atoms with Gasteiger partial charge in [0, 0.05) is 11.1 Å². The number of carbonyl (C=O) groups excluding carboxylic acids is 1. The van der Waals surface area contributed by atoms with Gasteiger partial charge >= 0.3 is 0 Å². The topological polar surface area (TPSA) is 20.3 Å². The monoisotopic (exact) mass is 319 g/mol. The van der Waals surface area contributed by atoms with Gasteiger partial charge in [-0.25, -0.2) is 0 Å². The number of nitrogens with zero attached hydrogens (tertiary/aromatic N) is 1. The fourth-order valence-corrected chi connectivity index (χ4v) is 3.62. The Labute approximate surface area is 134 Å². The molecule has 1 unspecified atom stereocenters. The van der Waals surface area contributed by atoms with E-state index >= 15 is 0 Å². The van der Waals surface area contributed by atoms with Crippen molar-refractivity contribution in [3.8, 4) is 0 Å². The average Bonchev–Trinajstić information content (AvgIpc) is 3.20. The van der Waals surface area contributed by atoms with Crippen LogP contribution in [0.5, 0.6) is 0 Å². The van der Waals surface area contributed by atoms with Crippen molar-refractivity contribution in [2.45, 2.75) is 38.8 Å². The maximum Gasteiger partial charge on any atom is 0.264 e. The molecule has 1 amide bonds. The molecule has 2 nitrogen and oxygen atoms in total. The molecule has 0 N–H and O–H groups in total. The first-order valence-corrected chi connectivity index (χ1v) is 8.46. The van der Waals surface area contributed by atoms with Crippen LogP contribution in [0.15, 0.2) is 35.7 Å². The number of amides is 1. The van der Waals surface area contributed by atoms with Crippen molar-refractivity contribution in [3.63, 3.8) is 0 Å². The minimum absolute atomic E-state index is 0.0729. The highest BCUT2D eigenvalue weighted by Crippen LogP contribution is 2.37. The van der Waals surface area contributed by atoms with Crippen LogP contribution in [0.3, 0.4) is 0 Å². The van der Waals surface area contributed by atoms with Crippen LogP contribution >= 0.6 is 22.9 Å². The largest absolute Gasteiger partial charge is 0.328 e. The summed E-state index contributed by atoms with van der Waals surface area (Å²) in [5, 5.41) is 2.71. The Bertz CT molecular complexity index is 645. The van der Waals surface area contributed by atoms with Crippen molar-refractivity contribution < 1.29 is 4.79 Å². The molecule has 0 bridgehead atoms. The van der Waals surface area contributed by atoms with Gasteiger partial charge in [-0.15, -0.1) is 11.3 Å². The zero-order valence-corrected chi connectivity index (χ0v) is 13.7. The number of hydrogen-bond acceptors (Lipinski definition) is 2. The molecule has 0 radical (unpaired) electrons. The first-order valence-electron chi connectivity index (χ1n) is 7.20. The number of aryl methyl sites for hydroxylation is 1.